The minimum Gasteiger partial charge on any atom is -0.396 e. The lowest BCUT2D eigenvalue weighted by atomic mass is 9.83. The summed E-state index contributed by atoms with van der Waals surface area (Å²) in [5, 5.41) is 8.85. The van der Waals surface area contributed by atoms with E-state index < -0.39 is 5.41 Å². The molecule has 0 aromatic heterocycles. The predicted molar refractivity (Wildman–Crippen MR) is 69.0 cm³/mol. The lowest BCUT2D eigenvalue weighted by Crippen LogP contribution is -2.39. The first kappa shape index (κ1) is 13.7. The number of hydrogen-bond donors (Lipinski definition) is 1. The van der Waals surface area contributed by atoms with Gasteiger partial charge in [0.25, 0.3) is 0 Å². The summed E-state index contributed by atoms with van der Waals surface area (Å²) < 4.78 is 0. The second-order valence-electron chi connectivity index (χ2n) is 5.00. The van der Waals surface area contributed by atoms with Crippen molar-refractivity contribution in [3.63, 3.8) is 0 Å². The van der Waals surface area contributed by atoms with Crippen molar-refractivity contribution in [1.82, 2.24) is 4.90 Å². The quantitative estimate of drug-likeness (QED) is 0.861. The van der Waals surface area contributed by atoms with Crippen LogP contribution in [0.4, 0.5) is 0 Å². The van der Waals surface area contributed by atoms with Crippen molar-refractivity contribution in [2.24, 2.45) is 0 Å². The molecule has 17 heavy (non-hydrogen) atoms. The Hall–Kier alpha value is -1.35. The molecule has 0 aliphatic heterocycles. The number of nitrogens with zero attached hydrogens (tertiary/aromatic N) is 1. The lowest BCUT2D eigenvalue weighted by Gasteiger charge is -2.27. The number of hydrogen-bond acceptors (Lipinski definition) is 2. The molecule has 1 N–H and O–H groups in total. The van der Waals surface area contributed by atoms with Crippen LogP contribution in [0.5, 0.6) is 0 Å². The summed E-state index contributed by atoms with van der Waals surface area (Å²) in [6.07, 6.45) is 0.655. The van der Waals surface area contributed by atoms with Crippen LogP contribution in [-0.4, -0.2) is 36.6 Å². The fourth-order valence-electron chi connectivity index (χ4n) is 1.90. The Morgan fingerprint density at radius 2 is 1.76 bits per heavy atom. The van der Waals surface area contributed by atoms with E-state index in [9.17, 15) is 4.79 Å². The standard InChI is InChI=1S/C14H21NO2/c1-14(2,13(17)15(3)4)12-7-5-11(6-8-12)9-10-16/h5-8,16H,9-10H2,1-4H3. The fraction of sp³-hybridized carbons (Fsp3) is 0.500. The maximum atomic E-state index is 12.1. The molecule has 0 fully saturated rings. The van der Waals surface area contributed by atoms with Gasteiger partial charge in [-0.3, -0.25) is 4.79 Å². The molecule has 0 bridgehead atoms. The van der Waals surface area contributed by atoms with Crippen LogP contribution in [-0.2, 0) is 16.6 Å². The molecule has 0 saturated carbocycles. The first-order valence-corrected chi connectivity index (χ1v) is 5.81. The molecule has 3 nitrogen and oxygen atoms in total. The van der Waals surface area contributed by atoms with Gasteiger partial charge in [-0.15, -0.1) is 0 Å². The molecular formula is C14H21NO2. The first-order valence-electron chi connectivity index (χ1n) is 5.81. The number of likely N-dealkylation sites (N-methyl/N-ethyl adjacent to an activating group) is 1. The van der Waals surface area contributed by atoms with Gasteiger partial charge in [0.2, 0.25) is 5.91 Å². The summed E-state index contributed by atoms with van der Waals surface area (Å²) in [4.78, 5) is 13.7. The van der Waals surface area contributed by atoms with Crippen molar-refractivity contribution in [2.45, 2.75) is 25.7 Å². The van der Waals surface area contributed by atoms with Gasteiger partial charge in [-0.25, -0.2) is 0 Å². The van der Waals surface area contributed by atoms with Gasteiger partial charge in [-0.2, -0.15) is 0 Å². The number of benzene rings is 1. The van der Waals surface area contributed by atoms with Gasteiger partial charge in [0, 0.05) is 20.7 Å². The maximum absolute atomic E-state index is 12.1. The summed E-state index contributed by atoms with van der Waals surface area (Å²) >= 11 is 0. The fourth-order valence-corrected chi connectivity index (χ4v) is 1.90. The van der Waals surface area contributed by atoms with Crippen molar-refractivity contribution < 1.29 is 9.90 Å². The molecule has 94 valence electrons. The summed E-state index contributed by atoms with van der Waals surface area (Å²) in [5.41, 5.74) is 1.57. The van der Waals surface area contributed by atoms with Gasteiger partial charge in [-0.05, 0) is 31.4 Å². The van der Waals surface area contributed by atoms with Crippen LogP contribution < -0.4 is 0 Å². The molecule has 0 aliphatic rings. The van der Waals surface area contributed by atoms with E-state index in [0.717, 1.165) is 11.1 Å². The third-order valence-corrected chi connectivity index (χ3v) is 3.02. The third-order valence-electron chi connectivity index (χ3n) is 3.02. The number of rotatable bonds is 4. The van der Waals surface area contributed by atoms with Gasteiger partial charge < -0.3 is 10.0 Å². The summed E-state index contributed by atoms with van der Waals surface area (Å²) in [7, 11) is 3.54. The van der Waals surface area contributed by atoms with Crippen molar-refractivity contribution >= 4 is 5.91 Å². The van der Waals surface area contributed by atoms with E-state index in [1.807, 2.05) is 38.1 Å². The van der Waals surface area contributed by atoms with Crippen LogP contribution in [0.1, 0.15) is 25.0 Å². The van der Waals surface area contributed by atoms with Crippen LogP contribution in [0, 0.1) is 0 Å². The van der Waals surface area contributed by atoms with Crippen molar-refractivity contribution in [3.8, 4) is 0 Å². The highest BCUT2D eigenvalue weighted by atomic mass is 16.2. The zero-order valence-corrected chi connectivity index (χ0v) is 11.0. The van der Waals surface area contributed by atoms with Crippen molar-refractivity contribution in [1.29, 1.82) is 0 Å². The Kier molecular flexibility index (Phi) is 4.29. The Morgan fingerprint density at radius 1 is 1.24 bits per heavy atom. The SMILES string of the molecule is CN(C)C(=O)C(C)(C)c1ccc(CCO)cc1. The molecule has 0 radical (unpaired) electrons. The summed E-state index contributed by atoms with van der Waals surface area (Å²) in [5.74, 6) is 0.0902. The monoisotopic (exact) mass is 235 g/mol. The molecular weight excluding hydrogens is 214 g/mol. The lowest BCUT2D eigenvalue weighted by molar-refractivity contribution is -0.133. The van der Waals surface area contributed by atoms with E-state index in [1.54, 1.807) is 19.0 Å². The van der Waals surface area contributed by atoms with E-state index in [4.69, 9.17) is 5.11 Å². The highest BCUT2D eigenvalue weighted by molar-refractivity contribution is 5.86. The van der Waals surface area contributed by atoms with Crippen LogP contribution in [0.15, 0.2) is 24.3 Å². The van der Waals surface area contributed by atoms with E-state index in [1.165, 1.54) is 0 Å². The molecule has 0 heterocycles. The van der Waals surface area contributed by atoms with Gasteiger partial charge in [0.1, 0.15) is 0 Å². The minimum atomic E-state index is -0.513. The van der Waals surface area contributed by atoms with E-state index in [-0.39, 0.29) is 12.5 Å². The molecule has 0 unspecified atom stereocenters. The molecule has 1 amide bonds. The largest absolute Gasteiger partial charge is 0.396 e. The minimum absolute atomic E-state index is 0.0902. The molecule has 0 atom stereocenters. The number of carbonyl (C=O) groups is 1. The zero-order chi connectivity index (χ0) is 13.1. The number of carbonyl (C=O) groups excluding carboxylic acids is 1. The van der Waals surface area contributed by atoms with Crippen LogP contribution in [0.2, 0.25) is 0 Å². The Bertz CT molecular complexity index is 380. The van der Waals surface area contributed by atoms with E-state index in [2.05, 4.69) is 0 Å². The first-order chi connectivity index (χ1) is 7.89. The Labute approximate surface area is 103 Å². The van der Waals surface area contributed by atoms with E-state index >= 15 is 0 Å². The third kappa shape index (κ3) is 3.07. The van der Waals surface area contributed by atoms with Crippen molar-refractivity contribution in [3.05, 3.63) is 35.4 Å². The van der Waals surface area contributed by atoms with Gasteiger partial charge >= 0.3 is 0 Å². The zero-order valence-electron chi connectivity index (χ0n) is 11.0. The molecule has 0 spiro atoms. The van der Waals surface area contributed by atoms with Gasteiger partial charge in [0.15, 0.2) is 0 Å². The van der Waals surface area contributed by atoms with Gasteiger partial charge in [-0.1, -0.05) is 24.3 Å². The normalized spacial score (nSPS) is 11.4. The number of aliphatic hydroxyl groups excluding tert-OH is 1. The van der Waals surface area contributed by atoms with Crippen LogP contribution in [0.3, 0.4) is 0 Å². The Balaban J connectivity index is 2.95. The average molecular weight is 235 g/mol. The highest BCUT2D eigenvalue weighted by Gasteiger charge is 2.30. The van der Waals surface area contributed by atoms with E-state index in [0.29, 0.717) is 6.42 Å². The second-order valence-corrected chi connectivity index (χ2v) is 5.00. The van der Waals surface area contributed by atoms with Gasteiger partial charge in [0.05, 0.1) is 5.41 Å². The molecule has 1 aromatic carbocycles. The smallest absolute Gasteiger partial charge is 0.232 e. The summed E-state index contributed by atoms with van der Waals surface area (Å²) in [6.45, 7) is 4.01. The average Bonchev–Trinajstić information content (AvgIpc) is 2.29. The predicted octanol–water partition coefficient (Wildman–Crippen LogP) is 1.59. The Morgan fingerprint density at radius 3 is 2.18 bits per heavy atom. The van der Waals surface area contributed by atoms with Crippen LogP contribution in [0.25, 0.3) is 0 Å². The molecule has 0 aliphatic carbocycles. The molecule has 3 heteroatoms. The number of amides is 1. The maximum Gasteiger partial charge on any atom is 0.232 e. The second kappa shape index (κ2) is 5.32. The molecule has 1 rings (SSSR count). The van der Waals surface area contributed by atoms with Crippen LogP contribution >= 0.6 is 0 Å². The molecule has 1 aromatic rings. The highest BCUT2D eigenvalue weighted by Crippen LogP contribution is 2.25. The number of aliphatic hydroxyl groups is 1. The topological polar surface area (TPSA) is 40.5 Å². The van der Waals surface area contributed by atoms with Crippen molar-refractivity contribution in [2.75, 3.05) is 20.7 Å². The summed E-state index contributed by atoms with van der Waals surface area (Å²) in [6, 6.07) is 7.87. The molecule has 0 saturated heterocycles.